The fourth-order valence-electron chi connectivity index (χ4n) is 0.979. The second kappa shape index (κ2) is 2.45. The maximum absolute atomic E-state index is 10.6. The number of aliphatic hydroxyl groups excluding tert-OH is 1. The van der Waals surface area contributed by atoms with Crippen molar-refractivity contribution in [2.75, 3.05) is 6.61 Å². The Morgan fingerprint density at radius 1 is 1.78 bits per heavy atom. The molecule has 0 unspecified atom stereocenters. The highest BCUT2D eigenvalue weighted by Crippen LogP contribution is 2.18. The number of hydrogen-bond acceptors (Lipinski definition) is 3. The first-order chi connectivity index (χ1) is 4.22. The van der Waals surface area contributed by atoms with E-state index in [9.17, 15) is 4.79 Å². The largest absolute Gasteiger partial charge is 0.367 e. The van der Waals surface area contributed by atoms with Crippen LogP contribution in [0.5, 0.6) is 0 Å². The smallest absolute Gasteiger partial charge is 0.164 e. The molecule has 0 aromatic carbocycles. The van der Waals surface area contributed by atoms with E-state index in [4.69, 9.17) is 9.84 Å². The highest BCUT2D eigenvalue weighted by molar-refractivity contribution is 5.78. The molecule has 0 aromatic rings. The van der Waals surface area contributed by atoms with Gasteiger partial charge < -0.3 is 9.84 Å². The minimum atomic E-state index is -0.845. The molecule has 1 aliphatic heterocycles. The van der Waals surface area contributed by atoms with Crippen molar-refractivity contribution >= 4 is 5.78 Å². The third-order valence-corrected chi connectivity index (χ3v) is 1.58. The summed E-state index contributed by atoms with van der Waals surface area (Å²) in [6.45, 7) is 1.98. The Bertz CT molecular complexity index is 121. The van der Waals surface area contributed by atoms with Gasteiger partial charge in [-0.05, 0) is 13.3 Å². The van der Waals surface area contributed by atoms with Crippen LogP contribution in [-0.4, -0.2) is 23.8 Å². The molecule has 0 aliphatic carbocycles. The van der Waals surface area contributed by atoms with Gasteiger partial charge in [-0.15, -0.1) is 0 Å². The summed E-state index contributed by atoms with van der Waals surface area (Å²) in [6.07, 6.45) is -0.182. The molecule has 0 bridgehead atoms. The van der Waals surface area contributed by atoms with Crippen molar-refractivity contribution in [2.24, 2.45) is 5.92 Å². The van der Waals surface area contributed by atoms with E-state index in [1.54, 1.807) is 0 Å². The minimum Gasteiger partial charge on any atom is -0.367 e. The summed E-state index contributed by atoms with van der Waals surface area (Å²) in [6, 6.07) is 0. The second-order valence-corrected chi connectivity index (χ2v) is 2.27. The number of aliphatic hydroxyl groups is 1. The SMILES string of the molecule is CC(=O)[C@@H]1CCO[C@@H]1O. The second-order valence-electron chi connectivity index (χ2n) is 2.27. The first-order valence-corrected chi connectivity index (χ1v) is 3.02. The van der Waals surface area contributed by atoms with E-state index in [2.05, 4.69) is 0 Å². The summed E-state index contributed by atoms with van der Waals surface area (Å²) in [5.41, 5.74) is 0. The van der Waals surface area contributed by atoms with Gasteiger partial charge in [0.2, 0.25) is 0 Å². The van der Waals surface area contributed by atoms with Gasteiger partial charge in [0.05, 0.1) is 12.5 Å². The highest BCUT2D eigenvalue weighted by atomic mass is 16.6. The predicted octanol–water partition coefficient (Wildman–Crippen LogP) is -0.0697. The van der Waals surface area contributed by atoms with Gasteiger partial charge in [0.1, 0.15) is 5.78 Å². The molecule has 0 spiro atoms. The van der Waals surface area contributed by atoms with E-state index in [0.717, 1.165) is 0 Å². The molecule has 1 saturated heterocycles. The van der Waals surface area contributed by atoms with Crippen LogP contribution in [0.4, 0.5) is 0 Å². The number of ketones is 1. The lowest BCUT2D eigenvalue weighted by Gasteiger charge is -2.06. The van der Waals surface area contributed by atoms with E-state index in [0.29, 0.717) is 13.0 Å². The molecule has 0 aromatic heterocycles. The molecular weight excluding hydrogens is 120 g/mol. The fraction of sp³-hybridized carbons (Fsp3) is 0.833. The number of ether oxygens (including phenoxy) is 1. The summed E-state index contributed by atoms with van der Waals surface area (Å²) >= 11 is 0. The molecule has 1 N–H and O–H groups in total. The summed E-state index contributed by atoms with van der Waals surface area (Å²) in [5.74, 6) is -0.259. The van der Waals surface area contributed by atoms with Crippen LogP contribution in [0.3, 0.4) is 0 Å². The van der Waals surface area contributed by atoms with Crippen molar-refractivity contribution in [2.45, 2.75) is 19.6 Å². The zero-order valence-electron chi connectivity index (χ0n) is 5.33. The summed E-state index contributed by atoms with van der Waals surface area (Å²) in [4.78, 5) is 10.6. The molecule has 3 heteroatoms. The Morgan fingerprint density at radius 2 is 2.44 bits per heavy atom. The Morgan fingerprint density at radius 3 is 2.67 bits per heavy atom. The molecule has 0 radical (unpaired) electrons. The molecule has 1 aliphatic rings. The quantitative estimate of drug-likeness (QED) is 0.540. The van der Waals surface area contributed by atoms with Crippen molar-refractivity contribution in [1.82, 2.24) is 0 Å². The third-order valence-electron chi connectivity index (χ3n) is 1.58. The van der Waals surface area contributed by atoms with Gasteiger partial charge in [0, 0.05) is 0 Å². The molecule has 52 valence electrons. The lowest BCUT2D eigenvalue weighted by molar-refractivity contribution is -0.132. The van der Waals surface area contributed by atoms with E-state index >= 15 is 0 Å². The average molecular weight is 130 g/mol. The van der Waals surface area contributed by atoms with Crippen LogP contribution in [0.1, 0.15) is 13.3 Å². The molecule has 2 atom stereocenters. The molecule has 0 amide bonds. The van der Waals surface area contributed by atoms with Gasteiger partial charge in [-0.3, -0.25) is 4.79 Å². The number of hydrogen-bond donors (Lipinski definition) is 1. The molecule has 9 heavy (non-hydrogen) atoms. The minimum absolute atomic E-state index is 0.0139. The maximum Gasteiger partial charge on any atom is 0.164 e. The van der Waals surface area contributed by atoms with E-state index in [-0.39, 0.29) is 11.7 Å². The topological polar surface area (TPSA) is 46.5 Å². The maximum atomic E-state index is 10.6. The van der Waals surface area contributed by atoms with Crippen LogP contribution in [-0.2, 0) is 9.53 Å². The van der Waals surface area contributed by atoms with Gasteiger partial charge in [-0.25, -0.2) is 0 Å². The summed E-state index contributed by atoms with van der Waals surface area (Å²) in [5, 5.41) is 8.92. The first kappa shape index (κ1) is 6.71. The van der Waals surface area contributed by atoms with Gasteiger partial charge >= 0.3 is 0 Å². The van der Waals surface area contributed by atoms with Crippen LogP contribution in [0.2, 0.25) is 0 Å². The zero-order valence-corrected chi connectivity index (χ0v) is 5.33. The van der Waals surface area contributed by atoms with Gasteiger partial charge in [0.15, 0.2) is 6.29 Å². The van der Waals surface area contributed by atoms with Crippen molar-refractivity contribution in [3.8, 4) is 0 Å². The first-order valence-electron chi connectivity index (χ1n) is 3.02. The van der Waals surface area contributed by atoms with Crippen LogP contribution >= 0.6 is 0 Å². The molecule has 0 saturated carbocycles. The van der Waals surface area contributed by atoms with Crippen molar-refractivity contribution in [1.29, 1.82) is 0 Å². The lowest BCUT2D eigenvalue weighted by atomic mass is 10.0. The van der Waals surface area contributed by atoms with Crippen molar-refractivity contribution in [3.05, 3.63) is 0 Å². The van der Waals surface area contributed by atoms with E-state index < -0.39 is 6.29 Å². The monoisotopic (exact) mass is 130 g/mol. The molecule has 1 rings (SSSR count). The van der Waals surface area contributed by atoms with Crippen LogP contribution in [0.25, 0.3) is 0 Å². The van der Waals surface area contributed by atoms with E-state index in [1.807, 2.05) is 0 Å². The molecular formula is C6H10O3. The number of Topliss-reactive ketones (excluding diaryl/α,β-unsaturated/α-hetero) is 1. The average Bonchev–Trinajstić information content (AvgIpc) is 2.13. The van der Waals surface area contributed by atoms with Crippen molar-refractivity contribution < 1.29 is 14.6 Å². The Hall–Kier alpha value is -0.410. The van der Waals surface area contributed by atoms with Crippen LogP contribution in [0, 0.1) is 5.92 Å². The zero-order chi connectivity index (χ0) is 6.85. The third kappa shape index (κ3) is 1.28. The molecule has 1 heterocycles. The van der Waals surface area contributed by atoms with Crippen molar-refractivity contribution in [3.63, 3.8) is 0 Å². The van der Waals surface area contributed by atoms with E-state index in [1.165, 1.54) is 6.92 Å². The van der Waals surface area contributed by atoms with Gasteiger partial charge in [0.25, 0.3) is 0 Å². The lowest BCUT2D eigenvalue weighted by Crippen LogP contribution is -2.21. The fourth-order valence-corrected chi connectivity index (χ4v) is 0.979. The standard InChI is InChI=1S/C6H10O3/c1-4(7)5-2-3-9-6(5)8/h5-6,8H,2-3H2,1H3/t5-,6-/m0/s1. The summed E-state index contributed by atoms with van der Waals surface area (Å²) in [7, 11) is 0. The number of rotatable bonds is 1. The number of carbonyl (C=O) groups is 1. The van der Waals surface area contributed by atoms with Crippen LogP contribution < -0.4 is 0 Å². The Kier molecular flexibility index (Phi) is 1.83. The number of carbonyl (C=O) groups excluding carboxylic acids is 1. The Balaban J connectivity index is 2.49. The Labute approximate surface area is 53.6 Å². The highest BCUT2D eigenvalue weighted by Gasteiger charge is 2.29. The van der Waals surface area contributed by atoms with Crippen LogP contribution in [0.15, 0.2) is 0 Å². The molecule has 1 fully saturated rings. The summed E-state index contributed by atoms with van der Waals surface area (Å²) < 4.78 is 4.76. The normalized spacial score (nSPS) is 34.9. The predicted molar refractivity (Wildman–Crippen MR) is 30.7 cm³/mol. The van der Waals surface area contributed by atoms with Gasteiger partial charge in [-0.2, -0.15) is 0 Å². The van der Waals surface area contributed by atoms with Gasteiger partial charge in [-0.1, -0.05) is 0 Å². The molecule has 3 nitrogen and oxygen atoms in total.